The topological polar surface area (TPSA) is 88.4 Å². The second kappa shape index (κ2) is 9.74. The minimum Gasteiger partial charge on any atom is -0.318 e. The molecule has 3 aromatic carbocycles. The number of nitrogens with one attached hydrogen (secondary N) is 2. The Morgan fingerprint density at radius 1 is 0.848 bits per heavy atom. The van der Waals surface area contributed by atoms with E-state index in [4.69, 9.17) is 5.10 Å². The van der Waals surface area contributed by atoms with Gasteiger partial charge in [-0.1, -0.05) is 65.7 Å². The summed E-state index contributed by atoms with van der Waals surface area (Å²) in [6.07, 6.45) is 3.31. The first-order valence-corrected chi connectivity index (χ1v) is 10.4. The van der Waals surface area contributed by atoms with Crippen molar-refractivity contribution in [2.45, 2.75) is 13.8 Å². The van der Waals surface area contributed by atoms with Crippen molar-refractivity contribution in [2.75, 3.05) is 5.32 Å². The molecule has 0 aliphatic heterocycles. The Bertz CT molecular complexity index is 1290. The Morgan fingerprint density at radius 3 is 2.15 bits per heavy atom. The molecule has 0 atom stereocenters. The zero-order valence-electron chi connectivity index (χ0n) is 18.3. The molecule has 2 N–H and O–H groups in total. The SMILES string of the molecule is Cc1ccc(NC(=O)C(=O)N/N=C/c2cn(-c3ccccc3)nc2-c2ccc(C)cc2)cc1. The number of hydrazone groups is 1. The van der Waals surface area contributed by atoms with Gasteiger partial charge in [-0.15, -0.1) is 0 Å². The van der Waals surface area contributed by atoms with Crippen molar-refractivity contribution in [1.82, 2.24) is 15.2 Å². The number of hydrogen-bond donors (Lipinski definition) is 2. The van der Waals surface area contributed by atoms with Gasteiger partial charge in [-0.05, 0) is 38.1 Å². The molecule has 4 rings (SSSR count). The van der Waals surface area contributed by atoms with Gasteiger partial charge in [0.15, 0.2) is 0 Å². The van der Waals surface area contributed by atoms with Crippen LogP contribution >= 0.6 is 0 Å². The number of carbonyl (C=O) groups is 2. The smallest absolute Gasteiger partial charge is 0.318 e. The molecule has 0 aliphatic rings. The van der Waals surface area contributed by atoms with Crippen LogP contribution in [-0.4, -0.2) is 27.8 Å². The van der Waals surface area contributed by atoms with Gasteiger partial charge in [0, 0.05) is 23.0 Å². The molecule has 4 aromatic rings. The van der Waals surface area contributed by atoms with Crippen LogP contribution in [0, 0.1) is 13.8 Å². The van der Waals surface area contributed by atoms with Crippen LogP contribution < -0.4 is 10.7 Å². The number of nitrogens with zero attached hydrogens (tertiary/aromatic N) is 3. The summed E-state index contributed by atoms with van der Waals surface area (Å²) in [5.41, 5.74) is 8.24. The zero-order chi connectivity index (χ0) is 23.2. The minimum absolute atomic E-state index is 0.538. The lowest BCUT2D eigenvalue weighted by molar-refractivity contribution is -0.136. The van der Waals surface area contributed by atoms with Crippen molar-refractivity contribution in [3.63, 3.8) is 0 Å². The quantitative estimate of drug-likeness (QED) is 0.278. The van der Waals surface area contributed by atoms with E-state index in [1.807, 2.05) is 86.8 Å². The van der Waals surface area contributed by atoms with E-state index in [2.05, 4.69) is 15.8 Å². The molecular weight excluding hydrogens is 414 g/mol. The summed E-state index contributed by atoms with van der Waals surface area (Å²) in [6, 6.07) is 24.9. The van der Waals surface area contributed by atoms with Crippen LogP contribution in [0.5, 0.6) is 0 Å². The predicted octanol–water partition coefficient (Wildman–Crippen LogP) is 4.24. The van der Waals surface area contributed by atoms with E-state index in [9.17, 15) is 9.59 Å². The lowest BCUT2D eigenvalue weighted by atomic mass is 10.1. The first kappa shape index (κ1) is 21.7. The van der Waals surface area contributed by atoms with Crippen LogP contribution in [0.1, 0.15) is 16.7 Å². The van der Waals surface area contributed by atoms with Crippen LogP contribution in [0.2, 0.25) is 0 Å². The molecule has 0 saturated heterocycles. The third kappa shape index (κ3) is 5.40. The fraction of sp³-hybridized carbons (Fsp3) is 0.0769. The van der Waals surface area contributed by atoms with Gasteiger partial charge in [0.05, 0.1) is 11.9 Å². The summed E-state index contributed by atoms with van der Waals surface area (Å²) in [4.78, 5) is 24.3. The first-order chi connectivity index (χ1) is 16.0. The van der Waals surface area contributed by atoms with Crippen molar-refractivity contribution < 1.29 is 9.59 Å². The van der Waals surface area contributed by atoms with Gasteiger partial charge in [0.1, 0.15) is 5.69 Å². The zero-order valence-corrected chi connectivity index (χ0v) is 18.3. The summed E-state index contributed by atoms with van der Waals surface area (Å²) < 4.78 is 1.75. The molecule has 1 heterocycles. The molecule has 7 heteroatoms. The molecule has 33 heavy (non-hydrogen) atoms. The summed E-state index contributed by atoms with van der Waals surface area (Å²) in [7, 11) is 0. The maximum absolute atomic E-state index is 12.2. The summed E-state index contributed by atoms with van der Waals surface area (Å²) >= 11 is 0. The normalized spacial score (nSPS) is 10.8. The molecule has 1 aromatic heterocycles. The van der Waals surface area contributed by atoms with Crippen LogP contribution in [0.3, 0.4) is 0 Å². The number of amides is 2. The standard InChI is InChI=1S/C26H23N5O2/c1-18-8-12-20(13-9-18)24-21(17-31(30-24)23-6-4-3-5-7-23)16-27-29-26(33)25(32)28-22-14-10-19(2)11-15-22/h3-17H,1-2H3,(H,28,32)(H,29,33)/b27-16+. The number of hydrogen-bond acceptors (Lipinski definition) is 4. The molecule has 164 valence electrons. The summed E-state index contributed by atoms with van der Waals surface area (Å²) in [6.45, 7) is 3.96. The van der Waals surface area contributed by atoms with Gasteiger partial charge >= 0.3 is 11.8 Å². The summed E-state index contributed by atoms with van der Waals surface area (Å²) in [5.74, 6) is -1.66. The number of benzene rings is 3. The average Bonchev–Trinajstić information content (AvgIpc) is 3.25. The van der Waals surface area contributed by atoms with E-state index >= 15 is 0 Å². The monoisotopic (exact) mass is 437 g/mol. The molecular formula is C26H23N5O2. The number of aryl methyl sites for hydroxylation is 2. The number of aromatic nitrogens is 2. The van der Waals surface area contributed by atoms with Crippen molar-refractivity contribution in [1.29, 1.82) is 0 Å². The molecule has 0 fully saturated rings. The molecule has 0 saturated carbocycles. The van der Waals surface area contributed by atoms with Gasteiger partial charge < -0.3 is 5.32 Å². The number of rotatable bonds is 5. The van der Waals surface area contributed by atoms with Gasteiger partial charge in [0.2, 0.25) is 0 Å². The lowest BCUT2D eigenvalue weighted by Gasteiger charge is -2.04. The van der Waals surface area contributed by atoms with Crippen molar-refractivity contribution in [2.24, 2.45) is 5.10 Å². The van der Waals surface area contributed by atoms with Crippen molar-refractivity contribution in [3.8, 4) is 16.9 Å². The third-order valence-corrected chi connectivity index (χ3v) is 4.97. The van der Waals surface area contributed by atoms with E-state index in [0.717, 1.165) is 22.4 Å². The number of para-hydroxylation sites is 1. The Balaban J connectivity index is 1.52. The van der Waals surface area contributed by atoms with Crippen LogP contribution in [0.25, 0.3) is 16.9 Å². The number of anilines is 1. The number of carbonyl (C=O) groups excluding carboxylic acids is 2. The van der Waals surface area contributed by atoms with Crippen LogP contribution in [-0.2, 0) is 9.59 Å². The largest absolute Gasteiger partial charge is 0.329 e. The van der Waals surface area contributed by atoms with Crippen molar-refractivity contribution >= 4 is 23.7 Å². The highest BCUT2D eigenvalue weighted by Crippen LogP contribution is 2.23. The predicted molar refractivity (Wildman–Crippen MR) is 129 cm³/mol. The molecule has 0 bridgehead atoms. The van der Waals surface area contributed by atoms with E-state index < -0.39 is 11.8 Å². The molecule has 0 radical (unpaired) electrons. The molecule has 2 amide bonds. The van der Waals surface area contributed by atoms with Gasteiger partial charge in [-0.3, -0.25) is 9.59 Å². The fourth-order valence-electron chi connectivity index (χ4n) is 3.17. The summed E-state index contributed by atoms with van der Waals surface area (Å²) in [5, 5.41) is 11.2. The molecule has 0 aliphatic carbocycles. The van der Waals surface area contributed by atoms with E-state index in [-0.39, 0.29) is 0 Å². The first-order valence-electron chi connectivity index (χ1n) is 10.4. The van der Waals surface area contributed by atoms with Crippen LogP contribution in [0.15, 0.2) is 90.2 Å². The van der Waals surface area contributed by atoms with Gasteiger partial charge in [-0.2, -0.15) is 10.2 Å². The van der Waals surface area contributed by atoms with Crippen molar-refractivity contribution in [3.05, 3.63) is 102 Å². The highest BCUT2D eigenvalue weighted by atomic mass is 16.2. The van der Waals surface area contributed by atoms with E-state index in [1.54, 1.807) is 16.8 Å². The fourth-order valence-corrected chi connectivity index (χ4v) is 3.17. The maximum atomic E-state index is 12.2. The third-order valence-electron chi connectivity index (χ3n) is 4.97. The second-order valence-electron chi connectivity index (χ2n) is 7.60. The Labute approximate surface area is 191 Å². The lowest BCUT2D eigenvalue weighted by Crippen LogP contribution is -2.32. The van der Waals surface area contributed by atoms with Gasteiger partial charge in [-0.25, -0.2) is 10.1 Å². The Hall–Kier alpha value is -4.52. The maximum Gasteiger partial charge on any atom is 0.329 e. The van der Waals surface area contributed by atoms with E-state index in [0.29, 0.717) is 16.9 Å². The molecule has 0 unspecified atom stereocenters. The van der Waals surface area contributed by atoms with Crippen LogP contribution in [0.4, 0.5) is 5.69 Å². The van der Waals surface area contributed by atoms with E-state index in [1.165, 1.54) is 6.21 Å². The minimum atomic E-state index is -0.862. The highest BCUT2D eigenvalue weighted by Gasteiger charge is 2.14. The Kier molecular flexibility index (Phi) is 6.40. The van der Waals surface area contributed by atoms with Gasteiger partial charge in [0.25, 0.3) is 0 Å². The Morgan fingerprint density at radius 2 is 1.48 bits per heavy atom. The molecule has 7 nitrogen and oxygen atoms in total. The average molecular weight is 438 g/mol. The highest BCUT2D eigenvalue weighted by molar-refractivity contribution is 6.39. The molecule has 0 spiro atoms. The second-order valence-corrected chi connectivity index (χ2v) is 7.60.